The Bertz CT molecular complexity index is 406. The first-order valence-corrected chi connectivity index (χ1v) is 6.48. The summed E-state index contributed by atoms with van der Waals surface area (Å²) in [5.41, 5.74) is 7.14. The van der Waals surface area contributed by atoms with Crippen molar-refractivity contribution in [2.45, 2.75) is 37.1 Å². The topological polar surface area (TPSA) is 55.0 Å². The first-order valence-electron chi connectivity index (χ1n) is 6.48. The second-order valence-corrected chi connectivity index (χ2v) is 5.54. The summed E-state index contributed by atoms with van der Waals surface area (Å²) in [6.07, 6.45) is 6.34. The van der Waals surface area contributed by atoms with Gasteiger partial charge in [-0.25, -0.2) is 9.97 Å². The first kappa shape index (κ1) is 11.1. The summed E-state index contributed by atoms with van der Waals surface area (Å²) >= 11 is 0. The lowest BCUT2D eigenvalue weighted by Gasteiger charge is -2.28. The van der Waals surface area contributed by atoms with Gasteiger partial charge >= 0.3 is 0 Å². The first-order chi connectivity index (χ1) is 8.17. The summed E-state index contributed by atoms with van der Waals surface area (Å²) in [6.45, 7) is 2.33. The van der Waals surface area contributed by atoms with E-state index >= 15 is 0 Å². The Morgan fingerprint density at radius 2 is 2.06 bits per heavy atom. The van der Waals surface area contributed by atoms with Gasteiger partial charge in [0.15, 0.2) is 0 Å². The largest absolute Gasteiger partial charge is 0.319 e. The van der Waals surface area contributed by atoms with Gasteiger partial charge in [-0.3, -0.25) is 0 Å². The van der Waals surface area contributed by atoms with Gasteiger partial charge in [0, 0.05) is 17.8 Å². The van der Waals surface area contributed by atoms with Crippen LogP contribution in [0.5, 0.6) is 0 Å². The molecule has 0 bridgehead atoms. The number of piperidine rings is 1. The Morgan fingerprint density at radius 1 is 1.35 bits per heavy atom. The van der Waals surface area contributed by atoms with Crippen LogP contribution in [0.1, 0.15) is 43.1 Å². The molecule has 1 aliphatic carbocycles. The fourth-order valence-electron chi connectivity index (χ4n) is 2.50. The van der Waals surface area contributed by atoms with Crippen molar-refractivity contribution in [2.75, 3.05) is 20.1 Å². The highest BCUT2D eigenvalue weighted by molar-refractivity contribution is 5.18. The number of rotatable bonds is 2. The molecule has 0 aromatic carbocycles. The molecule has 2 heterocycles. The maximum atomic E-state index is 6.16. The second-order valence-electron chi connectivity index (χ2n) is 5.54. The summed E-state index contributed by atoms with van der Waals surface area (Å²) in [4.78, 5) is 11.4. The van der Waals surface area contributed by atoms with Crippen LogP contribution in [0.15, 0.2) is 12.3 Å². The van der Waals surface area contributed by atoms with Gasteiger partial charge in [0.2, 0.25) is 0 Å². The zero-order valence-corrected chi connectivity index (χ0v) is 10.4. The van der Waals surface area contributed by atoms with E-state index in [2.05, 4.69) is 23.0 Å². The van der Waals surface area contributed by atoms with Crippen molar-refractivity contribution < 1.29 is 0 Å². The number of aromatic nitrogens is 2. The summed E-state index contributed by atoms with van der Waals surface area (Å²) < 4.78 is 0. The molecule has 1 saturated heterocycles. The Balaban J connectivity index is 1.79. The van der Waals surface area contributed by atoms with Gasteiger partial charge in [-0.1, -0.05) is 0 Å². The van der Waals surface area contributed by atoms with E-state index in [1.807, 2.05) is 6.20 Å². The van der Waals surface area contributed by atoms with Crippen LogP contribution >= 0.6 is 0 Å². The SMILES string of the molecule is CN1CCC(c2ccnc(C3(N)CC3)n2)CC1. The summed E-state index contributed by atoms with van der Waals surface area (Å²) in [5, 5.41) is 0. The third kappa shape index (κ3) is 2.19. The van der Waals surface area contributed by atoms with Gasteiger partial charge < -0.3 is 10.6 Å². The fraction of sp³-hybridized carbons (Fsp3) is 0.692. The predicted molar refractivity (Wildman–Crippen MR) is 66.6 cm³/mol. The number of likely N-dealkylation sites (tertiary alicyclic amines) is 1. The monoisotopic (exact) mass is 232 g/mol. The molecular weight excluding hydrogens is 212 g/mol. The number of nitrogens with zero attached hydrogens (tertiary/aromatic N) is 3. The summed E-state index contributed by atoms with van der Waals surface area (Å²) in [5.74, 6) is 1.45. The van der Waals surface area contributed by atoms with Gasteiger partial charge in [0.25, 0.3) is 0 Å². The lowest BCUT2D eigenvalue weighted by atomic mass is 9.93. The Morgan fingerprint density at radius 3 is 2.71 bits per heavy atom. The molecular formula is C13H20N4. The lowest BCUT2D eigenvalue weighted by Crippen LogP contribution is -2.30. The van der Waals surface area contributed by atoms with E-state index in [9.17, 15) is 0 Å². The van der Waals surface area contributed by atoms with Crippen LogP contribution in [0.2, 0.25) is 0 Å². The van der Waals surface area contributed by atoms with E-state index in [0.717, 1.165) is 31.8 Å². The molecule has 17 heavy (non-hydrogen) atoms. The van der Waals surface area contributed by atoms with E-state index in [-0.39, 0.29) is 5.54 Å². The Hall–Kier alpha value is -1.00. The molecule has 0 radical (unpaired) electrons. The molecule has 1 saturated carbocycles. The van der Waals surface area contributed by atoms with Crippen molar-refractivity contribution in [2.24, 2.45) is 5.73 Å². The van der Waals surface area contributed by atoms with Crippen molar-refractivity contribution in [1.29, 1.82) is 0 Å². The van der Waals surface area contributed by atoms with Crippen molar-refractivity contribution in [1.82, 2.24) is 14.9 Å². The third-order valence-electron chi connectivity index (χ3n) is 4.05. The molecule has 2 fully saturated rings. The molecule has 1 aromatic heterocycles. The van der Waals surface area contributed by atoms with Crippen LogP contribution in [-0.4, -0.2) is 35.0 Å². The quantitative estimate of drug-likeness (QED) is 0.833. The molecule has 92 valence electrons. The third-order valence-corrected chi connectivity index (χ3v) is 4.05. The van der Waals surface area contributed by atoms with E-state index < -0.39 is 0 Å². The molecule has 2 N–H and O–H groups in total. The second kappa shape index (κ2) is 4.03. The molecule has 0 amide bonds. The van der Waals surface area contributed by atoms with Gasteiger partial charge in [-0.15, -0.1) is 0 Å². The highest BCUT2D eigenvalue weighted by Crippen LogP contribution is 2.41. The molecule has 0 atom stereocenters. The highest BCUT2D eigenvalue weighted by Gasteiger charge is 2.43. The molecule has 1 aliphatic heterocycles. The van der Waals surface area contributed by atoms with Gasteiger partial charge in [0.1, 0.15) is 5.82 Å². The number of hydrogen-bond acceptors (Lipinski definition) is 4. The smallest absolute Gasteiger partial charge is 0.148 e. The van der Waals surface area contributed by atoms with Crippen LogP contribution in [0.3, 0.4) is 0 Å². The standard InChI is InChI=1S/C13H20N4/c1-17-8-3-10(4-9-17)11-2-7-15-12(16-11)13(14)5-6-13/h2,7,10H,3-6,8-9,14H2,1H3. The van der Waals surface area contributed by atoms with E-state index in [1.165, 1.54) is 18.5 Å². The molecule has 0 unspecified atom stereocenters. The summed E-state index contributed by atoms with van der Waals surface area (Å²) in [7, 11) is 2.18. The van der Waals surface area contributed by atoms with Gasteiger partial charge in [0.05, 0.1) is 5.54 Å². The molecule has 0 spiro atoms. The van der Waals surface area contributed by atoms with Crippen LogP contribution < -0.4 is 5.73 Å². The van der Waals surface area contributed by atoms with Gasteiger partial charge in [-0.2, -0.15) is 0 Å². The lowest BCUT2D eigenvalue weighted by molar-refractivity contribution is 0.253. The molecule has 1 aromatic rings. The molecule has 2 aliphatic rings. The number of hydrogen-bond donors (Lipinski definition) is 1. The fourth-order valence-corrected chi connectivity index (χ4v) is 2.50. The molecule has 4 heteroatoms. The van der Waals surface area contributed by atoms with E-state index in [4.69, 9.17) is 10.7 Å². The van der Waals surface area contributed by atoms with Crippen molar-refractivity contribution in [3.63, 3.8) is 0 Å². The predicted octanol–water partition coefficient (Wildman–Crippen LogP) is 1.23. The maximum Gasteiger partial charge on any atom is 0.148 e. The average molecular weight is 232 g/mol. The van der Waals surface area contributed by atoms with Crippen LogP contribution in [0, 0.1) is 0 Å². The van der Waals surface area contributed by atoms with Crippen LogP contribution in [0.4, 0.5) is 0 Å². The Kier molecular flexibility index (Phi) is 2.64. The normalized spacial score (nSPS) is 24.8. The van der Waals surface area contributed by atoms with Gasteiger partial charge in [-0.05, 0) is 51.9 Å². The van der Waals surface area contributed by atoms with E-state index in [0.29, 0.717) is 5.92 Å². The summed E-state index contributed by atoms with van der Waals surface area (Å²) in [6, 6.07) is 2.06. The zero-order valence-electron chi connectivity index (χ0n) is 10.4. The van der Waals surface area contributed by atoms with E-state index in [1.54, 1.807) is 0 Å². The Labute approximate surface area is 102 Å². The van der Waals surface area contributed by atoms with Crippen LogP contribution in [0.25, 0.3) is 0 Å². The highest BCUT2D eigenvalue weighted by atomic mass is 15.1. The van der Waals surface area contributed by atoms with Crippen molar-refractivity contribution >= 4 is 0 Å². The maximum absolute atomic E-state index is 6.16. The zero-order chi connectivity index (χ0) is 11.9. The minimum Gasteiger partial charge on any atom is -0.319 e. The minimum atomic E-state index is -0.207. The van der Waals surface area contributed by atoms with Crippen molar-refractivity contribution in [3.05, 3.63) is 23.8 Å². The average Bonchev–Trinajstić information content (AvgIpc) is 3.10. The molecule has 3 rings (SSSR count). The minimum absolute atomic E-state index is 0.207. The van der Waals surface area contributed by atoms with Crippen molar-refractivity contribution in [3.8, 4) is 0 Å². The molecule has 4 nitrogen and oxygen atoms in total. The number of nitrogens with two attached hydrogens (primary N) is 1. The van der Waals surface area contributed by atoms with Crippen LogP contribution in [-0.2, 0) is 5.54 Å².